The van der Waals surface area contributed by atoms with E-state index in [0.29, 0.717) is 10.0 Å². The highest BCUT2D eigenvalue weighted by Gasteiger charge is 2.40. The largest absolute Gasteiger partial charge is 0.415 e. The van der Waals surface area contributed by atoms with Crippen LogP contribution in [0.5, 0.6) is 0 Å². The van der Waals surface area contributed by atoms with Crippen LogP contribution in [-0.4, -0.2) is 40.2 Å². The minimum atomic E-state index is -1.82. The van der Waals surface area contributed by atoms with E-state index >= 15 is 0 Å². The molecule has 1 aliphatic rings. The van der Waals surface area contributed by atoms with E-state index in [0.717, 1.165) is 53.7 Å². The summed E-state index contributed by atoms with van der Waals surface area (Å²) in [5.41, 5.74) is 2.84. The summed E-state index contributed by atoms with van der Waals surface area (Å²) < 4.78 is 8.80. The highest BCUT2D eigenvalue weighted by atomic mass is 35.5. The maximum absolute atomic E-state index is 6.76. The lowest BCUT2D eigenvalue weighted by Crippen LogP contribution is -2.45. The first-order chi connectivity index (χ1) is 15.9. The molecule has 0 fully saturated rings. The predicted molar refractivity (Wildman–Crippen MR) is 149 cm³/mol. The average Bonchev–Trinajstić information content (AvgIpc) is 3.05. The predicted octanol–water partition coefficient (Wildman–Crippen LogP) is 7.99. The van der Waals surface area contributed by atoms with Crippen LogP contribution in [0.1, 0.15) is 33.5 Å². The molecule has 1 aromatic heterocycles. The van der Waals surface area contributed by atoms with Crippen molar-refractivity contribution in [1.29, 1.82) is 0 Å². The van der Waals surface area contributed by atoms with Gasteiger partial charge in [-0.2, -0.15) is 11.8 Å². The number of thioether (sulfide) groups is 1. The smallest absolute Gasteiger partial charge is 0.192 e. The zero-order valence-electron chi connectivity index (χ0n) is 20.8. The second-order valence-electron chi connectivity index (χ2n) is 10.8. The molecular formula is C26H33Cl2N3OSSi. The van der Waals surface area contributed by atoms with E-state index in [-0.39, 0.29) is 9.79 Å². The van der Waals surface area contributed by atoms with Gasteiger partial charge in [-0.15, -0.1) is 10.2 Å². The van der Waals surface area contributed by atoms with Crippen molar-refractivity contribution in [3.63, 3.8) is 0 Å². The molecule has 1 unspecified atom stereocenters. The van der Waals surface area contributed by atoms with Gasteiger partial charge in [-0.3, -0.25) is 0 Å². The molecule has 182 valence electrons. The van der Waals surface area contributed by atoms with Gasteiger partial charge in [0.15, 0.2) is 14.1 Å². The fraction of sp³-hybridized carbons (Fsp3) is 0.462. The summed E-state index contributed by atoms with van der Waals surface area (Å²) in [6.45, 7) is 15.3. The van der Waals surface area contributed by atoms with Gasteiger partial charge in [0.1, 0.15) is 5.82 Å². The molecule has 2 aromatic carbocycles. The normalized spacial score (nSPS) is 19.1. The lowest BCUT2D eigenvalue weighted by Gasteiger charge is -2.39. The number of nitrogens with zero attached hydrogens (tertiary/aromatic N) is 3. The van der Waals surface area contributed by atoms with E-state index in [1.165, 1.54) is 0 Å². The second kappa shape index (κ2) is 9.62. The molecule has 0 spiro atoms. The first-order valence-electron chi connectivity index (χ1n) is 11.7. The van der Waals surface area contributed by atoms with Crippen LogP contribution < -0.4 is 0 Å². The number of hydrogen-bond donors (Lipinski definition) is 0. The Morgan fingerprint density at radius 1 is 1.06 bits per heavy atom. The zero-order chi connectivity index (χ0) is 24.7. The van der Waals surface area contributed by atoms with Gasteiger partial charge in [0.25, 0.3) is 0 Å². The molecule has 0 amide bonds. The molecule has 0 radical (unpaired) electrons. The van der Waals surface area contributed by atoms with Crippen LogP contribution in [-0.2, 0) is 17.4 Å². The minimum absolute atomic E-state index is 0.0359. The van der Waals surface area contributed by atoms with Gasteiger partial charge < -0.3 is 8.99 Å². The maximum Gasteiger partial charge on any atom is 0.192 e. The van der Waals surface area contributed by atoms with Crippen LogP contribution in [0.2, 0.25) is 28.2 Å². The first kappa shape index (κ1) is 25.8. The molecule has 3 aromatic rings. The molecule has 1 atom stereocenters. The number of aromatic nitrogens is 3. The van der Waals surface area contributed by atoms with E-state index < -0.39 is 8.32 Å². The van der Waals surface area contributed by atoms with Crippen molar-refractivity contribution in [3.8, 4) is 22.5 Å². The number of fused-ring (bicyclic) bond motifs is 1. The average molecular weight is 535 g/mol. The van der Waals surface area contributed by atoms with Crippen molar-refractivity contribution in [2.75, 3.05) is 12.4 Å². The van der Waals surface area contributed by atoms with Crippen LogP contribution in [0, 0.1) is 0 Å². The molecule has 8 heteroatoms. The Hall–Kier alpha value is -1.31. The van der Waals surface area contributed by atoms with Gasteiger partial charge in [-0.25, -0.2) is 0 Å². The summed E-state index contributed by atoms with van der Waals surface area (Å²) in [6, 6.07) is 13.8. The monoisotopic (exact) mass is 533 g/mol. The van der Waals surface area contributed by atoms with Crippen molar-refractivity contribution in [1.82, 2.24) is 14.8 Å². The molecule has 34 heavy (non-hydrogen) atoms. The number of hydrogen-bond acceptors (Lipinski definition) is 4. The van der Waals surface area contributed by atoms with Gasteiger partial charge >= 0.3 is 0 Å². The molecule has 0 saturated carbocycles. The third kappa shape index (κ3) is 5.26. The molecule has 1 aliphatic heterocycles. The third-order valence-corrected chi connectivity index (χ3v) is 13.5. The van der Waals surface area contributed by atoms with Crippen molar-refractivity contribution in [2.24, 2.45) is 0 Å². The van der Waals surface area contributed by atoms with Crippen LogP contribution >= 0.6 is 35.0 Å². The molecule has 2 heterocycles. The first-order valence-corrected chi connectivity index (χ1v) is 16.3. The highest BCUT2D eigenvalue weighted by molar-refractivity contribution is 8.00. The molecule has 4 nitrogen and oxygen atoms in total. The lowest BCUT2D eigenvalue weighted by molar-refractivity contribution is 0.252. The summed E-state index contributed by atoms with van der Waals surface area (Å²) in [6.07, 6.45) is 0.814. The summed E-state index contributed by atoms with van der Waals surface area (Å²) in [7, 11) is -1.82. The van der Waals surface area contributed by atoms with E-state index in [1.54, 1.807) is 0 Å². The van der Waals surface area contributed by atoms with Crippen LogP contribution in [0.25, 0.3) is 22.5 Å². The number of rotatable bonds is 5. The summed E-state index contributed by atoms with van der Waals surface area (Å²) in [5.74, 6) is 2.79. The van der Waals surface area contributed by atoms with Gasteiger partial charge in [0.2, 0.25) is 0 Å². The Kier molecular flexibility index (Phi) is 7.29. The fourth-order valence-corrected chi connectivity index (χ4v) is 6.74. The Morgan fingerprint density at radius 3 is 2.47 bits per heavy atom. The van der Waals surface area contributed by atoms with Crippen molar-refractivity contribution < 1.29 is 4.43 Å². The van der Waals surface area contributed by atoms with E-state index in [1.807, 2.05) is 54.2 Å². The molecule has 0 N–H and O–H groups in total. The lowest BCUT2D eigenvalue weighted by atomic mass is 10.0. The standard InChI is InChI=1S/C26H33Cl2N3OSSi/c1-25(2,3)34(5,6)32-17-26(4)16-23-29-30-24(31(23)13-14-33-26)20-12-11-18(15-22(20)28)19-9-7-8-10-21(19)27/h7-12,15H,13-14,16-17H2,1-6H3. The summed E-state index contributed by atoms with van der Waals surface area (Å²) >= 11 is 15.1. The Labute approximate surface area is 218 Å². The van der Waals surface area contributed by atoms with E-state index in [2.05, 4.69) is 55.6 Å². The molecular weight excluding hydrogens is 501 g/mol. The van der Waals surface area contributed by atoms with Gasteiger partial charge in [0, 0.05) is 46.2 Å². The fourth-order valence-electron chi connectivity index (χ4n) is 3.87. The summed E-state index contributed by atoms with van der Waals surface area (Å²) in [5, 5.41) is 10.7. The highest BCUT2D eigenvalue weighted by Crippen LogP contribution is 2.41. The van der Waals surface area contributed by atoms with Gasteiger partial charge in [0.05, 0.1) is 5.02 Å². The van der Waals surface area contributed by atoms with Gasteiger partial charge in [-0.05, 0) is 48.8 Å². The van der Waals surface area contributed by atoms with Gasteiger partial charge in [-0.1, -0.05) is 68.2 Å². The van der Waals surface area contributed by atoms with Crippen molar-refractivity contribution >= 4 is 43.3 Å². The van der Waals surface area contributed by atoms with Crippen LogP contribution in [0.3, 0.4) is 0 Å². The number of benzene rings is 2. The Balaban J connectivity index is 1.58. The molecule has 0 bridgehead atoms. The van der Waals surface area contributed by atoms with Crippen molar-refractivity contribution in [3.05, 3.63) is 58.3 Å². The zero-order valence-corrected chi connectivity index (χ0v) is 24.1. The quantitative estimate of drug-likeness (QED) is 0.311. The topological polar surface area (TPSA) is 39.9 Å². The SMILES string of the molecule is CC1(CO[Si](C)(C)C(C)(C)C)Cc2nnc(-c3ccc(-c4ccccc4Cl)cc3Cl)n2CCS1. The Morgan fingerprint density at radius 2 is 1.79 bits per heavy atom. The maximum atomic E-state index is 6.76. The van der Waals surface area contributed by atoms with E-state index in [4.69, 9.17) is 27.6 Å². The molecule has 0 saturated heterocycles. The summed E-state index contributed by atoms with van der Waals surface area (Å²) in [4.78, 5) is 0. The second-order valence-corrected chi connectivity index (χ2v) is 18.1. The Bertz CT molecular complexity index is 1190. The van der Waals surface area contributed by atoms with Crippen molar-refractivity contribution in [2.45, 2.75) is 63.5 Å². The number of halogens is 2. The molecule has 4 rings (SSSR count). The van der Waals surface area contributed by atoms with E-state index in [9.17, 15) is 0 Å². The molecule has 0 aliphatic carbocycles. The minimum Gasteiger partial charge on any atom is -0.415 e. The van der Waals surface area contributed by atoms with Crippen LogP contribution in [0.15, 0.2) is 42.5 Å². The third-order valence-electron chi connectivity index (χ3n) is 7.06. The van der Waals surface area contributed by atoms with Crippen LogP contribution in [0.4, 0.5) is 0 Å².